The van der Waals surface area contributed by atoms with Gasteiger partial charge in [-0.25, -0.2) is 9.97 Å². The van der Waals surface area contributed by atoms with E-state index in [0.717, 1.165) is 29.1 Å². The predicted molar refractivity (Wildman–Crippen MR) is 77.6 cm³/mol. The number of anilines is 2. The van der Waals surface area contributed by atoms with Crippen molar-refractivity contribution in [2.24, 2.45) is 7.05 Å². The summed E-state index contributed by atoms with van der Waals surface area (Å²) in [6.07, 6.45) is 3.64. The van der Waals surface area contributed by atoms with Gasteiger partial charge in [0.1, 0.15) is 11.3 Å². The number of rotatable bonds is 3. The summed E-state index contributed by atoms with van der Waals surface area (Å²) in [5.41, 5.74) is 3.17. The van der Waals surface area contributed by atoms with Crippen molar-refractivity contribution in [2.75, 3.05) is 11.4 Å². The second kappa shape index (κ2) is 4.72. The lowest BCUT2D eigenvalue weighted by Gasteiger charge is -2.22. The molecule has 0 radical (unpaired) electrons. The number of para-hydroxylation sites is 1. The Morgan fingerprint density at radius 1 is 1.16 bits per heavy atom. The lowest BCUT2D eigenvalue weighted by Crippen LogP contribution is -2.17. The fourth-order valence-electron chi connectivity index (χ4n) is 2.25. The molecule has 4 heteroatoms. The van der Waals surface area contributed by atoms with Crippen LogP contribution in [0.3, 0.4) is 0 Å². The summed E-state index contributed by atoms with van der Waals surface area (Å²) in [6, 6.07) is 12.4. The quantitative estimate of drug-likeness (QED) is 0.718. The minimum Gasteiger partial charge on any atom is -0.334 e. The van der Waals surface area contributed by atoms with E-state index in [1.165, 1.54) is 0 Å². The zero-order valence-electron chi connectivity index (χ0n) is 11.1. The maximum absolute atomic E-state index is 4.52. The van der Waals surface area contributed by atoms with Crippen LogP contribution in [0.5, 0.6) is 0 Å². The van der Waals surface area contributed by atoms with E-state index in [-0.39, 0.29) is 0 Å². The topological polar surface area (TPSA) is 34.0 Å². The first-order chi connectivity index (χ1) is 9.29. The largest absolute Gasteiger partial charge is 0.334 e. The molecule has 0 saturated heterocycles. The first kappa shape index (κ1) is 11.7. The minimum absolute atomic E-state index is 0.875. The van der Waals surface area contributed by atoms with Crippen LogP contribution in [0.15, 0.2) is 48.9 Å². The molecule has 0 unspecified atom stereocenters. The molecular weight excluding hydrogens is 236 g/mol. The van der Waals surface area contributed by atoms with Gasteiger partial charge < -0.3 is 9.47 Å². The van der Waals surface area contributed by atoms with Gasteiger partial charge in [0.15, 0.2) is 0 Å². The van der Waals surface area contributed by atoms with Gasteiger partial charge in [-0.05, 0) is 19.1 Å². The second-order valence-electron chi connectivity index (χ2n) is 4.47. The smallest absolute Gasteiger partial charge is 0.135 e. The van der Waals surface area contributed by atoms with Gasteiger partial charge in [-0.3, -0.25) is 0 Å². The Balaban J connectivity index is 2.08. The van der Waals surface area contributed by atoms with E-state index >= 15 is 0 Å². The fraction of sp³-hybridized carbons (Fsp3) is 0.200. The van der Waals surface area contributed by atoms with Crippen LogP contribution < -0.4 is 4.90 Å². The van der Waals surface area contributed by atoms with Crippen LogP contribution in [0.25, 0.3) is 11.0 Å². The molecule has 0 aliphatic rings. The molecule has 0 bridgehead atoms. The van der Waals surface area contributed by atoms with Crippen molar-refractivity contribution in [3.63, 3.8) is 0 Å². The lowest BCUT2D eigenvalue weighted by molar-refractivity contribution is 0.944. The first-order valence-electron chi connectivity index (χ1n) is 6.39. The van der Waals surface area contributed by atoms with Gasteiger partial charge in [0, 0.05) is 25.3 Å². The van der Waals surface area contributed by atoms with Crippen LogP contribution >= 0.6 is 0 Å². The number of nitrogens with zero attached hydrogens (tertiary/aromatic N) is 4. The predicted octanol–water partition coefficient (Wildman–Crippen LogP) is 3.13. The lowest BCUT2D eigenvalue weighted by atomic mass is 10.2. The molecule has 0 fully saturated rings. The Morgan fingerprint density at radius 3 is 2.68 bits per heavy atom. The van der Waals surface area contributed by atoms with Crippen molar-refractivity contribution in [1.29, 1.82) is 0 Å². The van der Waals surface area contributed by atoms with Gasteiger partial charge >= 0.3 is 0 Å². The number of hydrogen-bond acceptors (Lipinski definition) is 3. The number of imidazole rings is 1. The van der Waals surface area contributed by atoms with E-state index in [2.05, 4.69) is 40.0 Å². The third-order valence-corrected chi connectivity index (χ3v) is 3.26. The summed E-state index contributed by atoms with van der Waals surface area (Å²) in [6.45, 7) is 3.00. The van der Waals surface area contributed by atoms with Crippen LogP contribution in [0.1, 0.15) is 6.92 Å². The molecule has 0 saturated carbocycles. The second-order valence-corrected chi connectivity index (χ2v) is 4.47. The molecule has 0 amide bonds. The Kier molecular flexibility index (Phi) is 2.91. The van der Waals surface area contributed by atoms with Gasteiger partial charge in [-0.1, -0.05) is 18.2 Å². The normalized spacial score (nSPS) is 10.8. The van der Waals surface area contributed by atoms with Gasteiger partial charge in [-0.15, -0.1) is 0 Å². The van der Waals surface area contributed by atoms with Crippen molar-refractivity contribution >= 4 is 22.5 Å². The molecule has 0 N–H and O–H groups in total. The number of aryl methyl sites for hydroxylation is 1. The molecule has 0 aliphatic carbocycles. The molecule has 1 aromatic carbocycles. The van der Waals surface area contributed by atoms with Crippen LogP contribution in [-0.2, 0) is 7.05 Å². The van der Waals surface area contributed by atoms with Crippen LogP contribution in [0, 0.1) is 0 Å². The third kappa shape index (κ3) is 2.05. The molecule has 2 heterocycles. The van der Waals surface area contributed by atoms with Crippen molar-refractivity contribution in [1.82, 2.24) is 14.5 Å². The molecule has 3 aromatic rings. The summed E-state index contributed by atoms with van der Waals surface area (Å²) in [5, 5.41) is 0. The van der Waals surface area contributed by atoms with E-state index in [9.17, 15) is 0 Å². The van der Waals surface area contributed by atoms with Gasteiger partial charge in [0.25, 0.3) is 0 Å². The third-order valence-electron chi connectivity index (χ3n) is 3.26. The number of fused-ring (bicyclic) bond motifs is 1. The Hall–Kier alpha value is -2.36. The monoisotopic (exact) mass is 252 g/mol. The first-order valence-corrected chi connectivity index (χ1v) is 6.39. The van der Waals surface area contributed by atoms with E-state index in [4.69, 9.17) is 0 Å². The highest BCUT2D eigenvalue weighted by atomic mass is 15.2. The number of benzene rings is 1. The summed E-state index contributed by atoms with van der Waals surface area (Å²) >= 11 is 0. The Morgan fingerprint density at radius 2 is 1.95 bits per heavy atom. The Labute approximate surface area is 112 Å². The van der Waals surface area contributed by atoms with Gasteiger partial charge in [0.2, 0.25) is 0 Å². The molecule has 0 spiro atoms. The highest BCUT2D eigenvalue weighted by Crippen LogP contribution is 2.25. The zero-order valence-corrected chi connectivity index (χ0v) is 11.1. The van der Waals surface area contributed by atoms with Crippen molar-refractivity contribution < 1.29 is 0 Å². The van der Waals surface area contributed by atoms with Crippen LogP contribution in [0.4, 0.5) is 11.5 Å². The van der Waals surface area contributed by atoms with E-state index in [1.54, 1.807) is 0 Å². The standard InChI is InChI=1S/C15H16N4/c1-3-19(12-7-5-4-6-8-12)15-9-14-13(10-16-15)17-11-18(14)2/h4-11H,3H2,1-2H3. The average Bonchev–Trinajstić information content (AvgIpc) is 2.82. The average molecular weight is 252 g/mol. The van der Waals surface area contributed by atoms with Crippen LogP contribution in [-0.4, -0.2) is 21.1 Å². The van der Waals surface area contributed by atoms with Crippen molar-refractivity contribution in [3.8, 4) is 0 Å². The summed E-state index contributed by atoms with van der Waals surface area (Å²) in [4.78, 5) is 11.0. The van der Waals surface area contributed by atoms with Gasteiger partial charge in [-0.2, -0.15) is 0 Å². The molecule has 4 nitrogen and oxygen atoms in total. The fourth-order valence-corrected chi connectivity index (χ4v) is 2.25. The van der Waals surface area contributed by atoms with E-state index < -0.39 is 0 Å². The molecule has 96 valence electrons. The highest BCUT2D eigenvalue weighted by Gasteiger charge is 2.10. The maximum Gasteiger partial charge on any atom is 0.135 e. The van der Waals surface area contributed by atoms with E-state index in [0.29, 0.717) is 0 Å². The Bertz CT molecular complexity index is 688. The van der Waals surface area contributed by atoms with Crippen LogP contribution in [0.2, 0.25) is 0 Å². The zero-order chi connectivity index (χ0) is 13.2. The SMILES string of the molecule is CCN(c1ccccc1)c1cc2c(cn1)ncn2C. The van der Waals surface area contributed by atoms with Crippen molar-refractivity contribution in [2.45, 2.75) is 6.92 Å². The van der Waals surface area contributed by atoms with E-state index in [1.807, 2.05) is 42.3 Å². The molecule has 0 aliphatic heterocycles. The molecule has 0 atom stereocenters. The summed E-state index contributed by atoms with van der Waals surface area (Å²) in [5.74, 6) is 0.949. The number of pyridine rings is 1. The summed E-state index contributed by atoms with van der Waals surface area (Å²) in [7, 11) is 2.00. The number of aromatic nitrogens is 3. The molecule has 19 heavy (non-hydrogen) atoms. The maximum atomic E-state index is 4.52. The minimum atomic E-state index is 0.875. The molecular formula is C15H16N4. The molecule has 3 rings (SSSR count). The molecule has 2 aromatic heterocycles. The summed E-state index contributed by atoms with van der Waals surface area (Å²) < 4.78 is 2.01. The van der Waals surface area contributed by atoms with Crippen molar-refractivity contribution in [3.05, 3.63) is 48.9 Å². The highest BCUT2D eigenvalue weighted by molar-refractivity contribution is 5.78. The number of hydrogen-bond donors (Lipinski definition) is 0. The van der Waals surface area contributed by atoms with Gasteiger partial charge in [0.05, 0.1) is 18.0 Å².